The predicted molar refractivity (Wildman–Crippen MR) is 55.0 cm³/mol. The zero-order valence-electron chi connectivity index (χ0n) is 9.07. The van der Waals surface area contributed by atoms with Crippen LogP contribution in [0.2, 0.25) is 0 Å². The molecule has 0 bridgehead atoms. The van der Waals surface area contributed by atoms with E-state index in [0.717, 1.165) is 25.9 Å². The maximum Gasteiger partial charge on any atom is 0.219 e. The van der Waals surface area contributed by atoms with Gasteiger partial charge in [0.1, 0.15) is 0 Å². The number of aliphatic hydroxyl groups excluding tert-OH is 1. The van der Waals surface area contributed by atoms with Crippen molar-refractivity contribution in [2.45, 2.75) is 25.8 Å². The van der Waals surface area contributed by atoms with Crippen LogP contribution in [-0.4, -0.2) is 60.1 Å². The van der Waals surface area contributed by atoms with Crippen LogP contribution in [0.15, 0.2) is 0 Å². The van der Waals surface area contributed by atoms with Gasteiger partial charge in [-0.2, -0.15) is 0 Å². The van der Waals surface area contributed by atoms with Crippen molar-refractivity contribution in [3.8, 4) is 0 Å². The van der Waals surface area contributed by atoms with E-state index < -0.39 is 0 Å². The van der Waals surface area contributed by atoms with Gasteiger partial charge >= 0.3 is 0 Å². The average molecular weight is 200 g/mol. The standard InChI is InChI=1S/C10H20N2O2/c1-9(14)12-5-3-4-10(8-12)11(2)6-7-13/h10,13H,3-8H2,1-2H3. The van der Waals surface area contributed by atoms with E-state index in [4.69, 9.17) is 5.11 Å². The summed E-state index contributed by atoms with van der Waals surface area (Å²) in [6, 6.07) is 0.416. The smallest absolute Gasteiger partial charge is 0.219 e. The molecule has 1 N–H and O–H groups in total. The van der Waals surface area contributed by atoms with E-state index in [1.807, 2.05) is 11.9 Å². The molecule has 1 atom stereocenters. The summed E-state index contributed by atoms with van der Waals surface area (Å²) in [7, 11) is 2.00. The molecular weight excluding hydrogens is 180 g/mol. The third-order valence-electron chi connectivity index (χ3n) is 2.92. The van der Waals surface area contributed by atoms with Gasteiger partial charge in [-0.05, 0) is 19.9 Å². The number of hydrogen-bond acceptors (Lipinski definition) is 3. The summed E-state index contributed by atoms with van der Waals surface area (Å²) in [5, 5.41) is 8.82. The van der Waals surface area contributed by atoms with Crippen LogP contribution in [0.3, 0.4) is 0 Å². The van der Waals surface area contributed by atoms with Gasteiger partial charge in [0.2, 0.25) is 5.91 Å². The monoisotopic (exact) mass is 200 g/mol. The van der Waals surface area contributed by atoms with E-state index in [0.29, 0.717) is 12.6 Å². The molecule has 0 aromatic carbocycles. The first kappa shape index (κ1) is 11.5. The van der Waals surface area contributed by atoms with Gasteiger partial charge in [-0.3, -0.25) is 9.69 Å². The van der Waals surface area contributed by atoms with Crippen molar-refractivity contribution in [3.05, 3.63) is 0 Å². The average Bonchev–Trinajstić information content (AvgIpc) is 2.18. The molecule has 1 amide bonds. The molecule has 14 heavy (non-hydrogen) atoms. The Kier molecular flexibility index (Phi) is 4.35. The second-order valence-electron chi connectivity index (χ2n) is 3.97. The molecule has 1 unspecified atom stereocenters. The van der Waals surface area contributed by atoms with Crippen LogP contribution in [0.1, 0.15) is 19.8 Å². The minimum atomic E-state index is 0.159. The number of amides is 1. The molecule has 1 aliphatic rings. The Hall–Kier alpha value is -0.610. The zero-order valence-corrected chi connectivity index (χ0v) is 9.07. The molecule has 1 heterocycles. The molecule has 82 valence electrons. The van der Waals surface area contributed by atoms with Crippen LogP contribution >= 0.6 is 0 Å². The fourth-order valence-corrected chi connectivity index (χ4v) is 1.94. The van der Waals surface area contributed by atoms with Gasteiger partial charge in [-0.1, -0.05) is 0 Å². The van der Waals surface area contributed by atoms with E-state index in [1.165, 1.54) is 0 Å². The molecule has 0 aliphatic carbocycles. The Bertz CT molecular complexity index is 197. The summed E-state index contributed by atoms with van der Waals surface area (Å²) in [5.74, 6) is 0.159. The minimum Gasteiger partial charge on any atom is -0.395 e. The number of rotatable bonds is 3. The first-order valence-corrected chi connectivity index (χ1v) is 5.21. The van der Waals surface area contributed by atoms with E-state index in [9.17, 15) is 4.79 Å². The third-order valence-corrected chi connectivity index (χ3v) is 2.92. The number of aliphatic hydroxyl groups is 1. The van der Waals surface area contributed by atoms with Crippen LogP contribution in [-0.2, 0) is 4.79 Å². The maximum atomic E-state index is 11.2. The quantitative estimate of drug-likeness (QED) is 0.693. The Morgan fingerprint density at radius 3 is 2.93 bits per heavy atom. The van der Waals surface area contributed by atoms with E-state index >= 15 is 0 Å². The molecule has 1 fully saturated rings. The van der Waals surface area contributed by atoms with Crippen molar-refractivity contribution in [2.24, 2.45) is 0 Å². The van der Waals surface area contributed by atoms with Crippen molar-refractivity contribution in [3.63, 3.8) is 0 Å². The summed E-state index contributed by atoms with van der Waals surface area (Å²) in [5.41, 5.74) is 0. The van der Waals surface area contributed by atoms with E-state index in [-0.39, 0.29) is 12.5 Å². The highest BCUT2D eigenvalue weighted by molar-refractivity contribution is 5.73. The fraction of sp³-hybridized carbons (Fsp3) is 0.900. The zero-order chi connectivity index (χ0) is 10.6. The summed E-state index contributed by atoms with van der Waals surface area (Å²) < 4.78 is 0. The number of carbonyl (C=O) groups excluding carboxylic acids is 1. The number of likely N-dealkylation sites (N-methyl/N-ethyl adjacent to an activating group) is 1. The van der Waals surface area contributed by atoms with Crippen LogP contribution in [0, 0.1) is 0 Å². The SMILES string of the molecule is CC(=O)N1CCCC(N(C)CCO)C1. The summed E-state index contributed by atoms with van der Waals surface area (Å²) in [4.78, 5) is 15.2. The number of likely N-dealkylation sites (tertiary alicyclic amines) is 1. The van der Waals surface area contributed by atoms with Crippen LogP contribution in [0.4, 0.5) is 0 Å². The lowest BCUT2D eigenvalue weighted by Gasteiger charge is -2.37. The molecule has 0 radical (unpaired) electrons. The Morgan fingerprint density at radius 2 is 2.36 bits per heavy atom. The number of hydrogen-bond donors (Lipinski definition) is 1. The van der Waals surface area contributed by atoms with Gasteiger partial charge in [0.25, 0.3) is 0 Å². The highest BCUT2D eigenvalue weighted by atomic mass is 16.3. The van der Waals surface area contributed by atoms with Gasteiger partial charge in [0, 0.05) is 32.6 Å². The first-order valence-electron chi connectivity index (χ1n) is 5.21. The Morgan fingerprint density at radius 1 is 1.64 bits per heavy atom. The summed E-state index contributed by atoms with van der Waals surface area (Å²) in [6.45, 7) is 4.20. The Balaban J connectivity index is 2.43. The van der Waals surface area contributed by atoms with Gasteiger partial charge < -0.3 is 10.0 Å². The molecule has 1 saturated heterocycles. The molecule has 1 aliphatic heterocycles. The molecule has 4 heteroatoms. The van der Waals surface area contributed by atoms with E-state index in [2.05, 4.69) is 4.90 Å². The number of nitrogens with zero attached hydrogens (tertiary/aromatic N) is 2. The second kappa shape index (κ2) is 5.32. The van der Waals surface area contributed by atoms with Crippen molar-refractivity contribution < 1.29 is 9.90 Å². The Labute approximate surface area is 85.5 Å². The minimum absolute atomic E-state index is 0.159. The van der Waals surface area contributed by atoms with Gasteiger partial charge in [-0.25, -0.2) is 0 Å². The lowest BCUT2D eigenvalue weighted by molar-refractivity contribution is -0.130. The molecule has 0 spiro atoms. The van der Waals surface area contributed by atoms with Crippen molar-refractivity contribution >= 4 is 5.91 Å². The highest BCUT2D eigenvalue weighted by Crippen LogP contribution is 2.14. The van der Waals surface area contributed by atoms with Gasteiger partial charge in [0.15, 0.2) is 0 Å². The fourth-order valence-electron chi connectivity index (χ4n) is 1.94. The maximum absolute atomic E-state index is 11.2. The molecule has 1 rings (SSSR count). The third kappa shape index (κ3) is 2.96. The molecule has 0 saturated carbocycles. The molecular formula is C10H20N2O2. The topological polar surface area (TPSA) is 43.8 Å². The number of piperidine rings is 1. The summed E-state index contributed by atoms with van der Waals surface area (Å²) >= 11 is 0. The van der Waals surface area contributed by atoms with Gasteiger partial charge in [0.05, 0.1) is 6.61 Å². The van der Waals surface area contributed by atoms with Crippen molar-refractivity contribution in [1.82, 2.24) is 9.80 Å². The molecule has 0 aromatic heterocycles. The normalized spacial score (nSPS) is 22.9. The lowest BCUT2D eigenvalue weighted by atomic mass is 10.0. The lowest BCUT2D eigenvalue weighted by Crippen LogP contribution is -2.48. The highest BCUT2D eigenvalue weighted by Gasteiger charge is 2.23. The molecule has 4 nitrogen and oxygen atoms in total. The van der Waals surface area contributed by atoms with Crippen LogP contribution in [0.25, 0.3) is 0 Å². The van der Waals surface area contributed by atoms with Crippen molar-refractivity contribution in [2.75, 3.05) is 33.3 Å². The second-order valence-corrected chi connectivity index (χ2v) is 3.97. The number of carbonyl (C=O) groups is 1. The van der Waals surface area contributed by atoms with Crippen LogP contribution in [0.5, 0.6) is 0 Å². The predicted octanol–water partition coefficient (Wildman–Crippen LogP) is -0.0786. The van der Waals surface area contributed by atoms with Crippen molar-refractivity contribution in [1.29, 1.82) is 0 Å². The van der Waals surface area contributed by atoms with Gasteiger partial charge in [-0.15, -0.1) is 0 Å². The van der Waals surface area contributed by atoms with E-state index in [1.54, 1.807) is 6.92 Å². The summed E-state index contributed by atoms with van der Waals surface area (Å²) in [6.07, 6.45) is 2.19. The molecule has 0 aromatic rings. The first-order chi connectivity index (χ1) is 6.65. The largest absolute Gasteiger partial charge is 0.395 e. The van der Waals surface area contributed by atoms with Crippen LogP contribution < -0.4 is 0 Å².